The second kappa shape index (κ2) is 11.0. The van der Waals surface area contributed by atoms with Gasteiger partial charge < -0.3 is 14.6 Å². The van der Waals surface area contributed by atoms with Crippen LogP contribution in [-0.4, -0.2) is 51.4 Å². The number of nitrogens with zero attached hydrogens (tertiary/aromatic N) is 1. The van der Waals surface area contributed by atoms with Crippen molar-refractivity contribution >= 4 is 46.1 Å². The van der Waals surface area contributed by atoms with E-state index in [1.165, 1.54) is 12.1 Å². The highest BCUT2D eigenvalue weighted by atomic mass is 35.5. The van der Waals surface area contributed by atoms with Crippen LogP contribution < -0.4 is 0 Å². The molecule has 1 heterocycles. The minimum Gasteiger partial charge on any atom is -0.494 e. The van der Waals surface area contributed by atoms with Crippen LogP contribution in [0, 0.1) is 5.92 Å². The van der Waals surface area contributed by atoms with Gasteiger partial charge in [-0.3, -0.25) is 14.4 Å². The summed E-state index contributed by atoms with van der Waals surface area (Å²) >= 11 is 5.85. The van der Waals surface area contributed by atoms with Gasteiger partial charge in [0, 0.05) is 16.5 Å². The van der Waals surface area contributed by atoms with Crippen molar-refractivity contribution in [2.24, 2.45) is 5.92 Å². The van der Waals surface area contributed by atoms with E-state index < -0.39 is 52.8 Å². The maximum Gasteiger partial charge on any atom is 0.421 e. The number of fused-ring (bicyclic) bond motifs is 1. The fourth-order valence-corrected chi connectivity index (χ4v) is 4.22. The SMILES string of the molecule is CCOC(=O)C(C(=O)CCl)C(C(=O)c1ccccc1)c1c(O)n(C(=O)OC(C)(C)C)c2ccccc12. The lowest BCUT2D eigenvalue weighted by atomic mass is 9.78. The Bertz CT molecular complexity index is 1290. The van der Waals surface area contributed by atoms with Gasteiger partial charge in [0.25, 0.3) is 0 Å². The molecule has 0 aliphatic rings. The molecule has 1 aromatic heterocycles. The van der Waals surface area contributed by atoms with Crippen molar-refractivity contribution < 1.29 is 33.8 Å². The summed E-state index contributed by atoms with van der Waals surface area (Å²) in [4.78, 5) is 53.0. The number of para-hydroxylation sites is 1. The van der Waals surface area contributed by atoms with Crippen molar-refractivity contribution in [2.75, 3.05) is 12.5 Å². The molecule has 0 radical (unpaired) electrons. The van der Waals surface area contributed by atoms with Gasteiger partial charge >= 0.3 is 12.1 Å². The number of benzene rings is 2. The summed E-state index contributed by atoms with van der Waals surface area (Å²) in [6.07, 6.45) is -0.885. The predicted octanol–water partition coefficient (Wildman–Crippen LogP) is 5.08. The van der Waals surface area contributed by atoms with Crippen LogP contribution in [0.25, 0.3) is 10.9 Å². The average molecular weight is 514 g/mol. The number of esters is 1. The van der Waals surface area contributed by atoms with Crippen molar-refractivity contribution in [3.63, 3.8) is 0 Å². The molecule has 2 unspecified atom stereocenters. The van der Waals surface area contributed by atoms with Gasteiger partial charge in [0.05, 0.1) is 23.9 Å². The molecule has 0 saturated heterocycles. The molecule has 0 bridgehead atoms. The maximum absolute atomic E-state index is 13.9. The molecule has 0 fully saturated rings. The van der Waals surface area contributed by atoms with Gasteiger partial charge in [0.1, 0.15) is 11.5 Å². The molecule has 3 aromatic rings. The lowest BCUT2D eigenvalue weighted by Gasteiger charge is -2.24. The number of carbonyl (C=O) groups excluding carboxylic acids is 4. The second-order valence-electron chi connectivity index (χ2n) is 9.11. The van der Waals surface area contributed by atoms with E-state index in [2.05, 4.69) is 0 Å². The third kappa shape index (κ3) is 5.44. The summed E-state index contributed by atoms with van der Waals surface area (Å²) in [6, 6.07) is 14.5. The first-order valence-electron chi connectivity index (χ1n) is 11.4. The summed E-state index contributed by atoms with van der Waals surface area (Å²) in [5.41, 5.74) is -0.503. The first kappa shape index (κ1) is 26.9. The highest BCUT2D eigenvalue weighted by molar-refractivity contribution is 6.30. The van der Waals surface area contributed by atoms with Gasteiger partial charge in [0.15, 0.2) is 11.6 Å². The summed E-state index contributed by atoms with van der Waals surface area (Å²) in [5.74, 6) is -6.67. The number of hydrogen-bond donors (Lipinski definition) is 1. The van der Waals surface area contributed by atoms with Crippen LogP contribution in [0.1, 0.15) is 49.5 Å². The van der Waals surface area contributed by atoms with Gasteiger partial charge in [-0.05, 0) is 33.8 Å². The minimum absolute atomic E-state index is 0.0389. The Morgan fingerprint density at radius 3 is 2.19 bits per heavy atom. The predicted molar refractivity (Wildman–Crippen MR) is 135 cm³/mol. The third-order valence-corrected chi connectivity index (χ3v) is 5.73. The lowest BCUT2D eigenvalue weighted by Crippen LogP contribution is -2.36. The monoisotopic (exact) mass is 513 g/mol. The van der Waals surface area contributed by atoms with Crippen molar-refractivity contribution in [2.45, 2.75) is 39.2 Å². The molecule has 190 valence electrons. The normalized spacial score (nSPS) is 13.1. The maximum atomic E-state index is 13.9. The van der Waals surface area contributed by atoms with E-state index in [0.29, 0.717) is 5.39 Å². The summed E-state index contributed by atoms with van der Waals surface area (Å²) in [6.45, 7) is 6.55. The lowest BCUT2D eigenvalue weighted by molar-refractivity contribution is -0.151. The molecule has 0 aliphatic heterocycles. The van der Waals surface area contributed by atoms with Gasteiger partial charge in [0.2, 0.25) is 5.88 Å². The number of rotatable bonds is 8. The molecule has 9 heteroatoms. The number of ketones is 2. The van der Waals surface area contributed by atoms with E-state index in [1.807, 2.05) is 0 Å². The summed E-state index contributed by atoms with van der Waals surface area (Å²) in [5, 5.41) is 11.7. The van der Waals surface area contributed by atoms with Crippen LogP contribution in [0.5, 0.6) is 5.88 Å². The van der Waals surface area contributed by atoms with Crippen LogP contribution in [0.3, 0.4) is 0 Å². The molecule has 0 spiro atoms. The second-order valence-corrected chi connectivity index (χ2v) is 9.38. The van der Waals surface area contributed by atoms with E-state index >= 15 is 0 Å². The van der Waals surface area contributed by atoms with Gasteiger partial charge in [-0.15, -0.1) is 11.6 Å². The molecule has 8 nitrogen and oxygen atoms in total. The molecular formula is C27H28ClNO7. The van der Waals surface area contributed by atoms with E-state index in [9.17, 15) is 24.3 Å². The Kier molecular flexibility index (Phi) is 8.20. The Balaban J connectivity index is 2.36. The van der Waals surface area contributed by atoms with E-state index in [0.717, 1.165) is 4.57 Å². The van der Waals surface area contributed by atoms with Crippen LogP contribution in [0.4, 0.5) is 4.79 Å². The van der Waals surface area contributed by atoms with Crippen molar-refractivity contribution in [1.29, 1.82) is 0 Å². The molecule has 36 heavy (non-hydrogen) atoms. The molecule has 3 rings (SSSR count). The molecule has 0 aliphatic carbocycles. The number of Topliss-reactive ketones (excluding diaryl/α,β-unsaturated/α-hetero) is 2. The minimum atomic E-state index is -1.65. The quantitative estimate of drug-likeness (QED) is 0.193. The fraction of sp³-hybridized carbons (Fsp3) is 0.333. The van der Waals surface area contributed by atoms with E-state index in [1.54, 1.807) is 70.2 Å². The fourth-order valence-electron chi connectivity index (χ4n) is 4.05. The molecule has 2 aromatic carbocycles. The standard InChI is InChI=1S/C27H28ClNO7/c1-5-35-25(33)21(19(30)15-28)22(23(31)16-11-7-6-8-12-16)20-17-13-9-10-14-18(17)29(24(20)32)26(34)36-27(2,3)4/h6-14,21-22,32H,5,15H2,1-4H3. The molecule has 1 N–H and O–H groups in total. The number of alkyl halides is 1. The number of hydrogen-bond acceptors (Lipinski definition) is 7. The van der Waals surface area contributed by atoms with Crippen molar-refractivity contribution in [3.05, 3.63) is 65.7 Å². The first-order valence-corrected chi connectivity index (χ1v) is 12.0. The molecule has 2 atom stereocenters. The smallest absolute Gasteiger partial charge is 0.421 e. The van der Waals surface area contributed by atoms with Crippen LogP contribution in [0.2, 0.25) is 0 Å². The molecular weight excluding hydrogens is 486 g/mol. The summed E-state index contributed by atoms with van der Waals surface area (Å²) < 4.78 is 11.5. The Morgan fingerprint density at radius 2 is 1.61 bits per heavy atom. The number of aromatic nitrogens is 1. The zero-order chi connectivity index (χ0) is 26.6. The first-order chi connectivity index (χ1) is 17.0. The number of halogens is 1. The average Bonchev–Trinajstić information content (AvgIpc) is 3.12. The van der Waals surface area contributed by atoms with Crippen LogP contribution in [0.15, 0.2) is 54.6 Å². The summed E-state index contributed by atoms with van der Waals surface area (Å²) in [7, 11) is 0. The number of carbonyl (C=O) groups is 4. The van der Waals surface area contributed by atoms with E-state index in [4.69, 9.17) is 21.1 Å². The Labute approximate surface area is 213 Å². The van der Waals surface area contributed by atoms with Crippen molar-refractivity contribution in [1.82, 2.24) is 4.57 Å². The zero-order valence-electron chi connectivity index (χ0n) is 20.5. The van der Waals surface area contributed by atoms with Gasteiger partial charge in [-0.25, -0.2) is 9.36 Å². The van der Waals surface area contributed by atoms with Crippen LogP contribution >= 0.6 is 11.6 Å². The highest BCUT2D eigenvalue weighted by Crippen LogP contribution is 2.43. The zero-order valence-corrected chi connectivity index (χ0v) is 21.2. The highest BCUT2D eigenvalue weighted by Gasteiger charge is 2.44. The largest absolute Gasteiger partial charge is 0.494 e. The number of ether oxygens (including phenoxy) is 2. The Hall–Kier alpha value is -3.65. The van der Waals surface area contributed by atoms with E-state index in [-0.39, 0.29) is 23.3 Å². The van der Waals surface area contributed by atoms with Gasteiger partial charge in [-0.1, -0.05) is 48.5 Å². The van der Waals surface area contributed by atoms with Gasteiger partial charge in [-0.2, -0.15) is 0 Å². The number of aromatic hydroxyl groups is 1. The molecule has 0 saturated carbocycles. The third-order valence-electron chi connectivity index (χ3n) is 5.47. The topological polar surface area (TPSA) is 112 Å². The van der Waals surface area contributed by atoms with Crippen molar-refractivity contribution in [3.8, 4) is 5.88 Å². The Morgan fingerprint density at radius 1 is 1.00 bits per heavy atom. The molecule has 0 amide bonds. The van der Waals surface area contributed by atoms with Crippen LogP contribution in [-0.2, 0) is 19.1 Å².